The molecule has 2 amide bonds. The van der Waals surface area contributed by atoms with Crippen molar-refractivity contribution in [1.29, 1.82) is 0 Å². The van der Waals surface area contributed by atoms with Crippen LogP contribution in [0.15, 0.2) is 58.2 Å². The van der Waals surface area contributed by atoms with E-state index in [0.717, 1.165) is 22.8 Å². The summed E-state index contributed by atoms with van der Waals surface area (Å²) in [5.74, 6) is -0.683. The van der Waals surface area contributed by atoms with Gasteiger partial charge in [-0.15, -0.1) is 0 Å². The lowest BCUT2D eigenvalue weighted by Crippen LogP contribution is -2.42. The summed E-state index contributed by atoms with van der Waals surface area (Å²) in [7, 11) is 0. The Morgan fingerprint density at radius 1 is 1.11 bits per heavy atom. The fraction of sp³-hybridized carbons (Fsp3) is 0.250. The van der Waals surface area contributed by atoms with Crippen LogP contribution in [0.1, 0.15) is 29.8 Å². The lowest BCUT2D eigenvalue weighted by Gasteiger charge is -2.09. The number of hydrogen-bond donors (Lipinski definition) is 2. The van der Waals surface area contributed by atoms with Gasteiger partial charge in [0.2, 0.25) is 5.91 Å². The second kappa shape index (κ2) is 9.38. The second-order valence-electron chi connectivity index (χ2n) is 6.30. The molecule has 0 radical (unpaired) electrons. The Labute approximate surface area is 166 Å². The number of ether oxygens (including phenoxy) is 1. The van der Waals surface area contributed by atoms with Gasteiger partial charge in [0, 0.05) is 5.56 Å². The van der Waals surface area contributed by atoms with E-state index in [1.165, 1.54) is 0 Å². The molecular formula is C20H21N3O4S. The normalized spacial score (nSPS) is 11.0. The molecule has 3 aromatic rings. The molecule has 0 atom stereocenters. The smallest absolute Gasteiger partial charge is 0.269 e. The molecule has 1 heterocycles. The first-order chi connectivity index (χ1) is 13.5. The third-order valence-electron chi connectivity index (χ3n) is 3.72. The molecule has 0 saturated heterocycles. The molecule has 2 N–H and O–H groups in total. The largest absolute Gasteiger partial charge is 0.431 e. The number of rotatable bonds is 7. The van der Waals surface area contributed by atoms with Gasteiger partial charge in [-0.3, -0.25) is 20.4 Å². The van der Waals surface area contributed by atoms with Gasteiger partial charge < -0.3 is 9.15 Å². The third-order valence-corrected chi connectivity index (χ3v) is 4.54. The van der Waals surface area contributed by atoms with E-state index < -0.39 is 5.91 Å². The number of amides is 2. The van der Waals surface area contributed by atoms with Crippen molar-refractivity contribution in [3.05, 3.63) is 59.7 Å². The molecule has 0 bridgehead atoms. The average Bonchev–Trinajstić information content (AvgIpc) is 3.12. The number of fused-ring (bicyclic) bond motifs is 1. The molecule has 8 heteroatoms. The highest BCUT2D eigenvalue weighted by Gasteiger charge is 2.11. The predicted octanol–water partition coefficient (Wildman–Crippen LogP) is 3.31. The Morgan fingerprint density at radius 3 is 2.57 bits per heavy atom. The predicted molar refractivity (Wildman–Crippen MR) is 107 cm³/mol. The Kier molecular flexibility index (Phi) is 6.67. The standard InChI is InChI=1S/C20H21N3O4S/c1-13(2)26-11-14-7-9-15(10-8-14)19(25)23-22-18(24)12-28-20-21-16-5-3-4-6-17(16)27-20/h3-10,13H,11-12H2,1-2H3,(H,22,24)(H,23,25). The van der Waals surface area contributed by atoms with Gasteiger partial charge in [0.15, 0.2) is 5.58 Å². The van der Waals surface area contributed by atoms with Crippen molar-refractivity contribution in [3.63, 3.8) is 0 Å². The van der Waals surface area contributed by atoms with E-state index in [2.05, 4.69) is 15.8 Å². The van der Waals surface area contributed by atoms with Crippen molar-refractivity contribution in [2.24, 2.45) is 0 Å². The van der Waals surface area contributed by atoms with Crippen LogP contribution < -0.4 is 10.9 Å². The van der Waals surface area contributed by atoms with Gasteiger partial charge in [-0.25, -0.2) is 4.98 Å². The minimum absolute atomic E-state index is 0.0680. The van der Waals surface area contributed by atoms with E-state index >= 15 is 0 Å². The van der Waals surface area contributed by atoms with Crippen molar-refractivity contribution < 1.29 is 18.7 Å². The summed E-state index contributed by atoms with van der Waals surface area (Å²) in [6.45, 7) is 4.42. The van der Waals surface area contributed by atoms with Gasteiger partial charge in [-0.2, -0.15) is 0 Å². The van der Waals surface area contributed by atoms with E-state index in [-0.39, 0.29) is 17.8 Å². The van der Waals surface area contributed by atoms with Crippen LogP contribution in [0.5, 0.6) is 0 Å². The number of oxazole rings is 1. The van der Waals surface area contributed by atoms with Crippen LogP contribution >= 0.6 is 11.8 Å². The van der Waals surface area contributed by atoms with Gasteiger partial charge >= 0.3 is 0 Å². The van der Waals surface area contributed by atoms with E-state index in [0.29, 0.717) is 23.0 Å². The first-order valence-electron chi connectivity index (χ1n) is 8.79. The first kappa shape index (κ1) is 19.9. The zero-order valence-corrected chi connectivity index (χ0v) is 16.4. The lowest BCUT2D eigenvalue weighted by molar-refractivity contribution is -0.119. The van der Waals surface area contributed by atoms with Crippen LogP contribution in [-0.4, -0.2) is 28.7 Å². The molecular weight excluding hydrogens is 378 g/mol. The van der Waals surface area contributed by atoms with Gasteiger partial charge in [0.1, 0.15) is 5.52 Å². The summed E-state index contributed by atoms with van der Waals surface area (Å²) >= 11 is 1.16. The number of hydrogen-bond acceptors (Lipinski definition) is 6. The van der Waals surface area contributed by atoms with Crippen molar-refractivity contribution in [2.75, 3.05) is 5.75 Å². The van der Waals surface area contributed by atoms with Crippen molar-refractivity contribution in [3.8, 4) is 0 Å². The zero-order valence-electron chi connectivity index (χ0n) is 15.6. The summed E-state index contributed by atoms with van der Waals surface area (Å²) < 4.78 is 11.1. The number of thioether (sulfide) groups is 1. The number of aromatic nitrogens is 1. The Balaban J connectivity index is 1.44. The number of nitrogens with one attached hydrogen (secondary N) is 2. The van der Waals surface area contributed by atoms with E-state index in [4.69, 9.17) is 9.15 Å². The third kappa shape index (κ3) is 5.58. The molecule has 28 heavy (non-hydrogen) atoms. The van der Waals surface area contributed by atoms with Crippen molar-refractivity contribution in [2.45, 2.75) is 31.8 Å². The fourth-order valence-electron chi connectivity index (χ4n) is 2.29. The van der Waals surface area contributed by atoms with Crippen molar-refractivity contribution >= 4 is 34.7 Å². The summed E-state index contributed by atoms with van der Waals surface area (Å²) in [5.41, 5.74) is 7.61. The van der Waals surface area contributed by atoms with Crippen LogP contribution in [-0.2, 0) is 16.1 Å². The summed E-state index contributed by atoms with van der Waals surface area (Å²) in [5, 5.41) is 0.405. The van der Waals surface area contributed by atoms with Crippen LogP contribution in [0.25, 0.3) is 11.1 Å². The van der Waals surface area contributed by atoms with Crippen molar-refractivity contribution in [1.82, 2.24) is 15.8 Å². The molecule has 3 rings (SSSR count). The molecule has 2 aromatic carbocycles. The maximum absolute atomic E-state index is 12.1. The molecule has 0 spiro atoms. The van der Waals surface area contributed by atoms with E-state index in [9.17, 15) is 9.59 Å². The SMILES string of the molecule is CC(C)OCc1ccc(C(=O)NNC(=O)CSc2nc3ccccc3o2)cc1. The van der Waals surface area contributed by atoms with Crippen LogP contribution in [0.3, 0.4) is 0 Å². The molecule has 7 nitrogen and oxygen atoms in total. The molecule has 0 unspecified atom stereocenters. The number of hydrazine groups is 1. The number of benzene rings is 2. The topological polar surface area (TPSA) is 93.5 Å². The fourth-order valence-corrected chi connectivity index (χ4v) is 2.93. The summed E-state index contributed by atoms with van der Waals surface area (Å²) in [6, 6.07) is 14.4. The van der Waals surface area contributed by atoms with Gasteiger partial charge in [0.25, 0.3) is 11.1 Å². The van der Waals surface area contributed by atoms with Crippen LogP contribution in [0.4, 0.5) is 0 Å². The Morgan fingerprint density at radius 2 is 1.86 bits per heavy atom. The molecule has 0 aliphatic carbocycles. The number of nitrogens with zero attached hydrogens (tertiary/aromatic N) is 1. The molecule has 1 aromatic heterocycles. The summed E-state index contributed by atoms with van der Waals surface area (Å²) in [4.78, 5) is 28.3. The van der Waals surface area contributed by atoms with Gasteiger partial charge in [-0.05, 0) is 43.7 Å². The number of para-hydroxylation sites is 2. The molecule has 0 saturated carbocycles. The van der Waals surface area contributed by atoms with Gasteiger partial charge in [-0.1, -0.05) is 36.0 Å². The first-order valence-corrected chi connectivity index (χ1v) is 9.78. The number of carbonyl (C=O) groups excluding carboxylic acids is 2. The van der Waals surface area contributed by atoms with Crippen LogP contribution in [0.2, 0.25) is 0 Å². The molecule has 0 aliphatic heterocycles. The lowest BCUT2D eigenvalue weighted by atomic mass is 10.1. The monoisotopic (exact) mass is 399 g/mol. The Bertz CT molecular complexity index is 920. The maximum Gasteiger partial charge on any atom is 0.269 e. The average molecular weight is 399 g/mol. The number of carbonyl (C=O) groups is 2. The minimum Gasteiger partial charge on any atom is -0.431 e. The quantitative estimate of drug-likeness (QED) is 0.468. The molecule has 146 valence electrons. The molecule has 0 fully saturated rings. The highest BCUT2D eigenvalue weighted by atomic mass is 32.2. The van der Waals surface area contributed by atoms with E-state index in [1.807, 2.05) is 50.2 Å². The highest BCUT2D eigenvalue weighted by molar-refractivity contribution is 7.99. The Hall–Kier alpha value is -2.84. The molecule has 0 aliphatic rings. The minimum atomic E-state index is -0.392. The highest BCUT2D eigenvalue weighted by Crippen LogP contribution is 2.22. The second-order valence-corrected chi connectivity index (χ2v) is 7.22. The zero-order chi connectivity index (χ0) is 19.9. The van der Waals surface area contributed by atoms with Crippen LogP contribution in [0, 0.1) is 0 Å². The maximum atomic E-state index is 12.1. The summed E-state index contributed by atoms with van der Waals surface area (Å²) in [6.07, 6.45) is 0.144. The van der Waals surface area contributed by atoms with E-state index in [1.54, 1.807) is 12.1 Å². The van der Waals surface area contributed by atoms with Gasteiger partial charge in [0.05, 0.1) is 18.5 Å².